The average Bonchev–Trinajstić information content (AvgIpc) is 3.14. The van der Waals surface area contributed by atoms with Gasteiger partial charge in [-0.3, -0.25) is 4.79 Å². The first-order valence-electron chi connectivity index (χ1n) is 9.84. The number of pyridine rings is 1. The number of hydrogen-bond acceptors (Lipinski definition) is 4. The summed E-state index contributed by atoms with van der Waals surface area (Å²) >= 11 is 0. The van der Waals surface area contributed by atoms with E-state index in [0.29, 0.717) is 24.7 Å². The highest BCUT2D eigenvalue weighted by atomic mass is 16.5. The fraction of sp³-hybridized carbons (Fsp3) is 0.364. The number of fused-ring (bicyclic) bond motifs is 1. The molecule has 3 heterocycles. The number of nitrogens with two attached hydrogens (primary N) is 1. The number of carbonyl (C=O) groups excluding carboxylic acids is 1. The molecule has 1 aliphatic heterocycles. The first-order valence-corrected chi connectivity index (χ1v) is 9.84. The van der Waals surface area contributed by atoms with E-state index in [0.717, 1.165) is 48.5 Å². The first kappa shape index (κ1) is 18.3. The molecule has 1 amide bonds. The van der Waals surface area contributed by atoms with E-state index in [-0.39, 0.29) is 5.91 Å². The first-order chi connectivity index (χ1) is 13.6. The quantitative estimate of drug-likeness (QED) is 0.689. The number of carbonyl (C=O) groups is 1. The molecule has 4 rings (SSSR count). The molecule has 1 aromatic carbocycles. The molecule has 6 nitrogen and oxygen atoms in total. The molecule has 2 N–H and O–H groups in total. The largest absolute Gasteiger partial charge is 0.489 e. The van der Waals surface area contributed by atoms with Crippen LogP contribution in [0.3, 0.4) is 0 Å². The van der Waals surface area contributed by atoms with Gasteiger partial charge in [-0.2, -0.15) is 0 Å². The predicted octanol–water partition coefficient (Wildman–Crippen LogP) is 3.61. The number of amides is 1. The van der Waals surface area contributed by atoms with E-state index in [2.05, 4.69) is 6.92 Å². The second-order valence-corrected chi connectivity index (χ2v) is 7.51. The van der Waals surface area contributed by atoms with E-state index in [4.69, 9.17) is 15.5 Å². The zero-order valence-corrected chi connectivity index (χ0v) is 16.2. The van der Waals surface area contributed by atoms with Crippen LogP contribution in [0.4, 0.5) is 5.69 Å². The summed E-state index contributed by atoms with van der Waals surface area (Å²) < 4.78 is 7.86. The van der Waals surface area contributed by atoms with Gasteiger partial charge >= 0.3 is 0 Å². The third-order valence-corrected chi connectivity index (χ3v) is 5.36. The Kier molecular flexibility index (Phi) is 5.19. The highest BCUT2D eigenvalue weighted by Gasteiger charge is 2.20. The smallest absolute Gasteiger partial charge is 0.225 e. The second kappa shape index (κ2) is 7.92. The number of nitrogen functional groups attached to an aromatic ring is 1. The predicted molar refractivity (Wildman–Crippen MR) is 110 cm³/mol. The maximum absolute atomic E-state index is 12.4. The van der Waals surface area contributed by atoms with Gasteiger partial charge in [0.05, 0.1) is 18.7 Å². The molecule has 1 saturated heterocycles. The lowest BCUT2D eigenvalue weighted by Gasteiger charge is -2.30. The topological polar surface area (TPSA) is 72.9 Å². The summed E-state index contributed by atoms with van der Waals surface area (Å²) in [6, 6.07) is 11.5. The molecule has 0 atom stereocenters. The van der Waals surface area contributed by atoms with Crippen molar-refractivity contribution in [3.8, 4) is 17.0 Å². The summed E-state index contributed by atoms with van der Waals surface area (Å²) in [5, 5.41) is 0. The molecule has 1 fully saturated rings. The van der Waals surface area contributed by atoms with Crippen LogP contribution in [0, 0.1) is 5.92 Å². The zero-order chi connectivity index (χ0) is 19.5. The summed E-state index contributed by atoms with van der Waals surface area (Å²) in [6.07, 6.45) is 6.48. The highest BCUT2D eigenvalue weighted by molar-refractivity contribution is 5.76. The maximum Gasteiger partial charge on any atom is 0.225 e. The molecule has 2 aromatic heterocycles. The van der Waals surface area contributed by atoms with E-state index in [9.17, 15) is 4.79 Å². The van der Waals surface area contributed by atoms with Gasteiger partial charge in [0.15, 0.2) is 11.4 Å². The van der Waals surface area contributed by atoms with Crippen LogP contribution in [-0.2, 0) is 4.79 Å². The standard InChI is InChI=1S/C22H26N4O2/c1-16-8-12-25(13-9-16)21(27)10-14-28-20-3-2-11-26-15-19(24-22(20)26)17-4-6-18(23)7-5-17/h2-7,11,15-16H,8-10,12-14,23H2,1H3. The minimum absolute atomic E-state index is 0.171. The Morgan fingerprint density at radius 2 is 1.96 bits per heavy atom. The molecular weight excluding hydrogens is 352 g/mol. The van der Waals surface area contributed by atoms with Crippen molar-refractivity contribution < 1.29 is 9.53 Å². The van der Waals surface area contributed by atoms with Crippen LogP contribution < -0.4 is 10.5 Å². The van der Waals surface area contributed by atoms with Gasteiger partial charge in [0, 0.05) is 36.7 Å². The van der Waals surface area contributed by atoms with Crippen molar-refractivity contribution in [2.24, 2.45) is 5.92 Å². The number of anilines is 1. The van der Waals surface area contributed by atoms with Crippen LogP contribution in [0.15, 0.2) is 48.8 Å². The van der Waals surface area contributed by atoms with E-state index < -0.39 is 0 Å². The van der Waals surface area contributed by atoms with Crippen LogP contribution in [0.2, 0.25) is 0 Å². The van der Waals surface area contributed by atoms with Crippen LogP contribution in [-0.4, -0.2) is 39.9 Å². The number of ether oxygens (including phenoxy) is 1. The number of hydrogen-bond donors (Lipinski definition) is 1. The summed E-state index contributed by atoms with van der Waals surface area (Å²) in [5.41, 5.74) is 9.09. The molecule has 28 heavy (non-hydrogen) atoms. The van der Waals surface area contributed by atoms with Crippen molar-refractivity contribution in [1.82, 2.24) is 14.3 Å². The number of benzene rings is 1. The molecule has 0 bridgehead atoms. The molecule has 0 saturated carbocycles. The second-order valence-electron chi connectivity index (χ2n) is 7.51. The fourth-order valence-electron chi connectivity index (χ4n) is 3.56. The number of nitrogens with zero attached hydrogens (tertiary/aromatic N) is 3. The Morgan fingerprint density at radius 1 is 1.21 bits per heavy atom. The van der Waals surface area contributed by atoms with Crippen molar-refractivity contribution in [2.75, 3.05) is 25.4 Å². The van der Waals surface area contributed by atoms with Crippen molar-refractivity contribution in [2.45, 2.75) is 26.2 Å². The molecule has 0 aliphatic carbocycles. The summed E-state index contributed by atoms with van der Waals surface area (Å²) in [4.78, 5) is 19.1. The van der Waals surface area contributed by atoms with E-state index in [1.54, 1.807) is 0 Å². The number of aromatic nitrogens is 2. The Balaban J connectivity index is 1.42. The summed E-state index contributed by atoms with van der Waals surface area (Å²) in [6.45, 7) is 4.32. The normalized spacial score (nSPS) is 15.1. The van der Waals surface area contributed by atoms with E-state index in [1.807, 2.05) is 58.1 Å². The lowest BCUT2D eigenvalue weighted by molar-refractivity contribution is -0.133. The zero-order valence-electron chi connectivity index (χ0n) is 16.2. The summed E-state index contributed by atoms with van der Waals surface area (Å²) in [7, 11) is 0. The van der Waals surface area contributed by atoms with Crippen molar-refractivity contribution >= 4 is 17.2 Å². The van der Waals surface area contributed by atoms with Crippen molar-refractivity contribution in [1.29, 1.82) is 0 Å². The van der Waals surface area contributed by atoms with Gasteiger partial charge in [-0.15, -0.1) is 0 Å². The van der Waals surface area contributed by atoms with Crippen molar-refractivity contribution in [3.63, 3.8) is 0 Å². The molecule has 6 heteroatoms. The van der Waals surface area contributed by atoms with Crippen LogP contribution in [0.25, 0.3) is 16.9 Å². The number of imidazole rings is 1. The van der Waals surface area contributed by atoms with Crippen LogP contribution in [0.1, 0.15) is 26.2 Å². The molecule has 0 radical (unpaired) electrons. The highest BCUT2D eigenvalue weighted by Crippen LogP contribution is 2.25. The Labute approximate surface area is 164 Å². The fourth-order valence-corrected chi connectivity index (χ4v) is 3.56. The van der Waals surface area contributed by atoms with Gasteiger partial charge in [0.2, 0.25) is 5.91 Å². The van der Waals surface area contributed by atoms with Gasteiger partial charge in [-0.1, -0.05) is 19.1 Å². The molecular formula is C22H26N4O2. The van der Waals surface area contributed by atoms with Crippen LogP contribution >= 0.6 is 0 Å². The molecule has 0 unspecified atom stereocenters. The Morgan fingerprint density at radius 3 is 2.71 bits per heavy atom. The van der Waals surface area contributed by atoms with Gasteiger partial charge in [0.1, 0.15) is 0 Å². The van der Waals surface area contributed by atoms with Gasteiger partial charge in [-0.25, -0.2) is 4.98 Å². The Hall–Kier alpha value is -3.02. The van der Waals surface area contributed by atoms with Crippen molar-refractivity contribution in [3.05, 3.63) is 48.8 Å². The Bertz CT molecular complexity index is 956. The third-order valence-electron chi connectivity index (χ3n) is 5.36. The van der Waals surface area contributed by atoms with Gasteiger partial charge < -0.3 is 19.8 Å². The lowest BCUT2D eigenvalue weighted by Crippen LogP contribution is -2.38. The number of likely N-dealkylation sites (tertiary alicyclic amines) is 1. The third kappa shape index (κ3) is 3.96. The maximum atomic E-state index is 12.4. The van der Waals surface area contributed by atoms with Gasteiger partial charge in [0.25, 0.3) is 0 Å². The number of piperidine rings is 1. The minimum Gasteiger partial charge on any atom is -0.489 e. The van der Waals surface area contributed by atoms with Gasteiger partial charge in [-0.05, 0) is 43.0 Å². The molecule has 3 aromatic rings. The lowest BCUT2D eigenvalue weighted by atomic mass is 9.99. The summed E-state index contributed by atoms with van der Waals surface area (Å²) in [5.74, 6) is 1.57. The molecule has 1 aliphatic rings. The minimum atomic E-state index is 0.171. The SMILES string of the molecule is CC1CCN(C(=O)CCOc2cccn3cc(-c4ccc(N)cc4)nc23)CC1. The average molecular weight is 378 g/mol. The van der Waals surface area contributed by atoms with E-state index in [1.165, 1.54) is 0 Å². The number of rotatable bonds is 5. The molecule has 0 spiro atoms. The monoisotopic (exact) mass is 378 g/mol. The van der Waals surface area contributed by atoms with E-state index >= 15 is 0 Å². The molecule has 146 valence electrons. The van der Waals surface area contributed by atoms with Crippen LogP contribution in [0.5, 0.6) is 5.75 Å².